The smallest absolute Gasteiger partial charge is 0.413 e. The topological polar surface area (TPSA) is 99.4 Å². The zero-order valence-electron chi connectivity index (χ0n) is 23.9. The number of alkyl halides is 3. The number of rotatable bonds is 9. The van der Waals surface area contributed by atoms with Gasteiger partial charge < -0.3 is 20.2 Å². The number of amides is 1. The standard InChI is InChI=1S/C29H34F3N7O2/c1-7-39-18(3)22(16-34-39)27(29(30,31)32)38(6)28(41)21-15-26(36-24-9-8-19(40)14-20(21)24)25-11-10-23(17(2)35-25)33-12-13-37(4)5/h8-11,14-16,27,33,40H,7,12-13H2,1-6H3/t27-/m0/s1. The highest BCUT2D eigenvalue weighted by Crippen LogP contribution is 2.40. The van der Waals surface area contributed by atoms with E-state index in [0.717, 1.165) is 25.5 Å². The van der Waals surface area contributed by atoms with Gasteiger partial charge in [0.25, 0.3) is 5.91 Å². The minimum absolute atomic E-state index is 0.0363. The molecular weight excluding hydrogens is 535 g/mol. The molecule has 3 heterocycles. The lowest BCUT2D eigenvalue weighted by Crippen LogP contribution is -2.40. The number of hydrogen-bond donors (Lipinski definition) is 2. The Bertz CT molecular complexity index is 1570. The molecule has 4 aromatic rings. The third-order valence-corrected chi connectivity index (χ3v) is 7.00. The van der Waals surface area contributed by atoms with Crippen molar-refractivity contribution >= 4 is 22.5 Å². The number of phenols is 1. The number of anilines is 1. The van der Waals surface area contributed by atoms with Gasteiger partial charge in [0.1, 0.15) is 5.75 Å². The highest BCUT2D eigenvalue weighted by Gasteiger charge is 2.47. The minimum atomic E-state index is -4.77. The van der Waals surface area contributed by atoms with Crippen LogP contribution < -0.4 is 5.32 Å². The second kappa shape index (κ2) is 11.7. The first-order valence-corrected chi connectivity index (χ1v) is 13.2. The lowest BCUT2D eigenvalue weighted by atomic mass is 10.0. The molecule has 0 radical (unpaired) electrons. The number of benzene rings is 1. The van der Waals surface area contributed by atoms with Crippen molar-refractivity contribution in [2.75, 3.05) is 39.5 Å². The second-order valence-corrected chi connectivity index (χ2v) is 10.2. The normalized spacial score (nSPS) is 12.6. The van der Waals surface area contributed by atoms with E-state index in [2.05, 4.69) is 25.3 Å². The average molecular weight is 570 g/mol. The predicted octanol–water partition coefficient (Wildman–Crippen LogP) is 5.18. The van der Waals surface area contributed by atoms with E-state index >= 15 is 0 Å². The maximum absolute atomic E-state index is 14.5. The molecular formula is C29H34F3N7O2. The predicted molar refractivity (Wildman–Crippen MR) is 152 cm³/mol. The largest absolute Gasteiger partial charge is 0.508 e. The number of hydrogen-bond acceptors (Lipinski definition) is 7. The van der Waals surface area contributed by atoms with Crippen LogP contribution in [0.15, 0.2) is 42.6 Å². The van der Waals surface area contributed by atoms with Crippen LogP contribution in [-0.2, 0) is 6.54 Å². The molecule has 0 aliphatic rings. The van der Waals surface area contributed by atoms with E-state index in [0.29, 0.717) is 46.3 Å². The van der Waals surface area contributed by atoms with E-state index in [4.69, 9.17) is 0 Å². The molecule has 0 bridgehead atoms. The number of nitrogens with zero attached hydrogens (tertiary/aromatic N) is 6. The summed E-state index contributed by atoms with van der Waals surface area (Å²) in [6, 6.07) is 7.06. The zero-order valence-corrected chi connectivity index (χ0v) is 23.9. The molecule has 218 valence electrons. The molecule has 3 aromatic heterocycles. The fourth-order valence-corrected chi connectivity index (χ4v) is 4.79. The Morgan fingerprint density at radius 3 is 2.41 bits per heavy atom. The molecule has 0 saturated heterocycles. The monoisotopic (exact) mass is 569 g/mol. The summed E-state index contributed by atoms with van der Waals surface area (Å²) in [5.41, 5.74) is 2.85. The van der Waals surface area contributed by atoms with E-state index in [1.807, 2.05) is 27.1 Å². The van der Waals surface area contributed by atoms with Gasteiger partial charge in [-0.15, -0.1) is 0 Å². The van der Waals surface area contributed by atoms with Crippen molar-refractivity contribution in [2.24, 2.45) is 0 Å². The van der Waals surface area contributed by atoms with Crippen molar-refractivity contribution in [3.05, 3.63) is 65.1 Å². The third kappa shape index (κ3) is 6.27. The van der Waals surface area contributed by atoms with Crippen LogP contribution in [-0.4, -0.2) is 81.0 Å². The van der Waals surface area contributed by atoms with Crippen LogP contribution >= 0.6 is 0 Å². The summed E-state index contributed by atoms with van der Waals surface area (Å²) in [7, 11) is 5.08. The van der Waals surface area contributed by atoms with Crippen molar-refractivity contribution in [1.29, 1.82) is 0 Å². The molecule has 0 saturated carbocycles. The number of pyridine rings is 2. The minimum Gasteiger partial charge on any atom is -0.508 e. The number of nitrogens with one attached hydrogen (secondary N) is 1. The molecule has 1 atom stereocenters. The molecule has 0 unspecified atom stereocenters. The lowest BCUT2D eigenvalue weighted by Gasteiger charge is -2.30. The molecule has 0 aliphatic carbocycles. The number of carbonyl (C=O) groups excluding carboxylic acids is 1. The van der Waals surface area contributed by atoms with E-state index in [1.165, 1.54) is 28.9 Å². The Morgan fingerprint density at radius 2 is 1.80 bits per heavy atom. The molecule has 0 aliphatic heterocycles. The van der Waals surface area contributed by atoms with Crippen LogP contribution in [0.1, 0.15) is 40.3 Å². The lowest BCUT2D eigenvalue weighted by molar-refractivity contribution is -0.176. The quantitative estimate of drug-likeness (QED) is 0.286. The van der Waals surface area contributed by atoms with Gasteiger partial charge in [-0.05, 0) is 71.3 Å². The number of fused-ring (bicyclic) bond motifs is 1. The Kier molecular flexibility index (Phi) is 8.52. The van der Waals surface area contributed by atoms with Crippen molar-refractivity contribution < 1.29 is 23.1 Å². The van der Waals surface area contributed by atoms with Gasteiger partial charge in [-0.2, -0.15) is 18.3 Å². The van der Waals surface area contributed by atoms with Gasteiger partial charge in [-0.3, -0.25) is 9.48 Å². The van der Waals surface area contributed by atoms with E-state index < -0.39 is 18.1 Å². The van der Waals surface area contributed by atoms with Gasteiger partial charge in [-0.25, -0.2) is 9.97 Å². The Morgan fingerprint density at radius 1 is 1.07 bits per heavy atom. The fraction of sp³-hybridized carbons (Fsp3) is 0.379. The third-order valence-electron chi connectivity index (χ3n) is 7.00. The number of aromatic hydroxyl groups is 1. The van der Waals surface area contributed by atoms with Gasteiger partial charge >= 0.3 is 6.18 Å². The van der Waals surface area contributed by atoms with Crippen LogP contribution in [0, 0.1) is 13.8 Å². The number of aryl methyl sites for hydroxylation is 2. The molecule has 0 fully saturated rings. The summed E-state index contributed by atoms with van der Waals surface area (Å²) in [6.45, 7) is 7.11. The SMILES string of the molecule is CCn1ncc([C@H](N(C)C(=O)c2cc(-c3ccc(NCCN(C)C)c(C)n3)nc3ccc(O)cc23)C(F)(F)F)c1C. The van der Waals surface area contributed by atoms with Crippen molar-refractivity contribution in [1.82, 2.24) is 29.5 Å². The van der Waals surface area contributed by atoms with Gasteiger partial charge in [0.05, 0.1) is 40.0 Å². The number of likely N-dealkylation sites (N-methyl/N-ethyl adjacent to an activating group) is 1. The first-order valence-electron chi connectivity index (χ1n) is 13.2. The van der Waals surface area contributed by atoms with E-state index in [1.54, 1.807) is 19.9 Å². The highest BCUT2D eigenvalue weighted by molar-refractivity contribution is 6.07. The van der Waals surface area contributed by atoms with E-state index in [9.17, 15) is 23.1 Å². The van der Waals surface area contributed by atoms with Gasteiger partial charge in [-0.1, -0.05) is 0 Å². The van der Waals surface area contributed by atoms with Crippen LogP contribution in [0.3, 0.4) is 0 Å². The Labute approximate surface area is 236 Å². The van der Waals surface area contributed by atoms with Gasteiger partial charge in [0, 0.05) is 43.3 Å². The number of aromatic nitrogens is 4. The Hall–Kier alpha value is -4.19. The summed E-state index contributed by atoms with van der Waals surface area (Å²) in [5.74, 6) is -1.02. The maximum Gasteiger partial charge on any atom is 0.413 e. The van der Waals surface area contributed by atoms with E-state index in [-0.39, 0.29) is 22.3 Å². The van der Waals surface area contributed by atoms with Gasteiger partial charge in [0.2, 0.25) is 0 Å². The number of phenolic OH excluding ortho intramolecular Hbond substituents is 1. The summed E-state index contributed by atoms with van der Waals surface area (Å²) in [5, 5.41) is 17.8. The molecule has 1 amide bonds. The highest BCUT2D eigenvalue weighted by atomic mass is 19.4. The number of carbonyl (C=O) groups is 1. The van der Waals surface area contributed by atoms with Crippen molar-refractivity contribution in [3.63, 3.8) is 0 Å². The first-order chi connectivity index (χ1) is 19.3. The molecule has 0 spiro atoms. The van der Waals surface area contributed by atoms with Gasteiger partial charge in [0.15, 0.2) is 6.04 Å². The maximum atomic E-state index is 14.5. The summed E-state index contributed by atoms with van der Waals surface area (Å²) in [4.78, 5) is 25.8. The molecule has 2 N–H and O–H groups in total. The molecule has 4 rings (SSSR count). The molecule has 41 heavy (non-hydrogen) atoms. The van der Waals surface area contributed by atoms with Crippen molar-refractivity contribution in [2.45, 2.75) is 39.5 Å². The van der Waals surface area contributed by atoms with Crippen LogP contribution in [0.5, 0.6) is 5.75 Å². The zero-order chi connectivity index (χ0) is 30.1. The fourth-order valence-electron chi connectivity index (χ4n) is 4.79. The molecule has 12 heteroatoms. The molecule has 1 aromatic carbocycles. The molecule has 9 nitrogen and oxygen atoms in total. The summed E-state index contributed by atoms with van der Waals surface area (Å²) >= 11 is 0. The average Bonchev–Trinajstić information content (AvgIpc) is 3.27. The van der Waals surface area contributed by atoms with Crippen molar-refractivity contribution in [3.8, 4) is 17.1 Å². The summed E-state index contributed by atoms with van der Waals surface area (Å²) < 4.78 is 44.8. The van der Waals surface area contributed by atoms with Crippen LogP contribution in [0.2, 0.25) is 0 Å². The number of halogens is 3. The van der Waals surface area contributed by atoms with Crippen LogP contribution in [0.25, 0.3) is 22.3 Å². The Balaban J connectivity index is 1.79. The second-order valence-electron chi connectivity index (χ2n) is 10.2. The van der Waals surface area contributed by atoms with Crippen LogP contribution in [0.4, 0.5) is 18.9 Å². The summed E-state index contributed by atoms with van der Waals surface area (Å²) in [6.07, 6.45) is -3.61. The first kappa shape index (κ1) is 29.8.